The molecule has 0 aromatic heterocycles. The quantitative estimate of drug-likeness (QED) is 0.841. The first-order valence-corrected chi connectivity index (χ1v) is 7.22. The molecule has 0 unspecified atom stereocenters. The number of rotatable bonds is 5. The van der Waals surface area contributed by atoms with Crippen LogP contribution in [0.15, 0.2) is 24.3 Å². The van der Waals surface area contributed by atoms with Crippen LogP contribution in [-0.2, 0) is 25.5 Å². The number of esters is 1. The van der Waals surface area contributed by atoms with Gasteiger partial charge in [0.1, 0.15) is 12.1 Å². The molecule has 1 aromatic rings. The summed E-state index contributed by atoms with van der Waals surface area (Å²) < 4.78 is 10.1. The van der Waals surface area contributed by atoms with Crippen LogP contribution < -0.4 is 5.32 Å². The summed E-state index contributed by atoms with van der Waals surface area (Å²) in [5, 5.41) is 3.32. The fourth-order valence-electron chi connectivity index (χ4n) is 2.24. The Bertz CT molecular complexity index is 497. The molecule has 0 bridgehead atoms. The largest absolute Gasteiger partial charge is 0.467 e. The maximum absolute atomic E-state index is 12.1. The highest BCUT2D eigenvalue weighted by molar-refractivity contribution is 6.30. The highest BCUT2D eigenvalue weighted by Crippen LogP contribution is 2.14. The summed E-state index contributed by atoms with van der Waals surface area (Å²) in [6.45, 7) is 0.582. The van der Waals surface area contributed by atoms with Gasteiger partial charge >= 0.3 is 5.97 Å². The minimum atomic E-state index is -0.729. The monoisotopic (exact) mass is 311 g/mol. The molecule has 5 nitrogen and oxygen atoms in total. The maximum Gasteiger partial charge on any atom is 0.328 e. The third-order valence-corrected chi connectivity index (χ3v) is 3.63. The van der Waals surface area contributed by atoms with Crippen molar-refractivity contribution < 1.29 is 19.1 Å². The number of hydrogen-bond donors (Lipinski definition) is 1. The Balaban J connectivity index is 2.01. The summed E-state index contributed by atoms with van der Waals surface area (Å²) in [6, 6.07) is 6.39. The molecule has 6 heteroatoms. The number of hydrogen-bond acceptors (Lipinski definition) is 4. The van der Waals surface area contributed by atoms with E-state index in [1.165, 1.54) is 7.11 Å². The standard InChI is InChI=1S/C15H18ClNO4/c1-20-15(19)12(9-10-4-6-11(16)7-5-10)17-14(18)13-3-2-8-21-13/h4-7,12-13H,2-3,8-9H2,1H3,(H,17,18)/t12-,13+/m1/s1. The van der Waals surface area contributed by atoms with Crippen molar-refractivity contribution in [2.75, 3.05) is 13.7 Å². The number of nitrogens with one attached hydrogen (secondary N) is 1. The molecule has 1 aliphatic heterocycles. The minimum absolute atomic E-state index is 0.267. The molecule has 21 heavy (non-hydrogen) atoms. The zero-order chi connectivity index (χ0) is 15.2. The van der Waals surface area contributed by atoms with Crippen LogP contribution in [-0.4, -0.2) is 37.7 Å². The lowest BCUT2D eigenvalue weighted by molar-refractivity contribution is -0.146. The number of halogens is 1. The van der Waals surface area contributed by atoms with Crippen LogP contribution in [0, 0.1) is 0 Å². The van der Waals surface area contributed by atoms with Gasteiger partial charge in [0.2, 0.25) is 5.91 Å². The number of amides is 1. The first kappa shape index (κ1) is 15.8. The van der Waals surface area contributed by atoms with Gasteiger partial charge in [-0.25, -0.2) is 4.79 Å². The molecule has 1 heterocycles. The summed E-state index contributed by atoms with van der Waals surface area (Å²) >= 11 is 5.83. The average Bonchev–Trinajstić information content (AvgIpc) is 3.02. The molecule has 0 spiro atoms. The van der Waals surface area contributed by atoms with E-state index < -0.39 is 18.1 Å². The van der Waals surface area contributed by atoms with E-state index in [1.807, 2.05) is 12.1 Å². The first-order valence-electron chi connectivity index (χ1n) is 6.84. The summed E-state index contributed by atoms with van der Waals surface area (Å²) in [6.07, 6.45) is 1.42. The van der Waals surface area contributed by atoms with E-state index in [4.69, 9.17) is 21.1 Å². The molecule has 114 valence electrons. The maximum atomic E-state index is 12.1. The van der Waals surface area contributed by atoms with Gasteiger partial charge in [0.25, 0.3) is 0 Å². The van der Waals surface area contributed by atoms with Crippen molar-refractivity contribution in [3.63, 3.8) is 0 Å². The van der Waals surface area contributed by atoms with Crippen LogP contribution >= 0.6 is 11.6 Å². The molecule has 0 saturated carbocycles. The molecule has 1 fully saturated rings. The van der Waals surface area contributed by atoms with E-state index in [1.54, 1.807) is 12.1 Å². The highest BCUT2D eigenvalue weighted by atomic mass is 35.5. The molecule has 2 rings (SSSR count). The summed E-state index contributed by atoms with van der Waals surface area (Å²) in [4.78, 5) is 23.9. The van der Waals surface area contributed by atoms with Crippen molar-refractivity contribution in [2.45, 2.75) is 31.4 Å². The van der Waals surface area contributed by atoms with Gasteiger partial charge in [-0.2, -0.15) is 0 Å². The lowest BCUT2D eigenvalue weighted by Gasteiger charge is -2.18. The Morgan fingerprint density at radius 3 is 2.71 bits per heavy atom. The van der Waals surface area contributed by atoms with E-state index in [0.717, 1.165) is 12.0 Å². The van der Waals surface area contributed by atoms with Crippen LogP contribution in [0.1, 0.15) is 18.4 Å². The smallest absolute Gasteiger partial charge is 0.328 e. The summed E-state index contributed by atoms with van der Waals surface area (Å²) in [7, 11) is 1.30. The number of ether oxygens (including phenoxy) is 2. The third-order valence-electron chi connectivity index (χ3n) is 3.38. The van der Waals surface area contributed by atoms with Gasteiger partial charge in [0, 0.05) is 18.1 Å². The van der Waals surface area contributed by atoms with Crippen molar-refractivity contribution in [3.05, 3.63) is 34.9 Å². The third kappa shape index (κ3) is 4.44. The van der Waals surface area contributed by atoms with Crippen LogP contribution in [0.2, 0.25) is 5.02 Å². The molecular weight excluding hydrogens is 294 g/mol. The molecule has 0 radical (unpaired) electrons. The molecule has 1 N–H and O–H groups in total. The zero-order valence-corrected chi connectivity index (χ0v) is 12.6. The van der Waals surface area contributed by atoms with Gasteiger partial charge in [-0.3, -0.25) is 4.79 Å². The Hall–Kier alpha value is -1.59. The zero-order valence-electron chi connectivity index (χ0n) is 11.8. The topological polar surface area (TPSA) is 64.6 Å². The van der Waals surface area contributed by atoms with Gasteiger partial charge in [0.05, 0.1) is 7.11 Å². The number of benzene rings is 1. The van der Waals surface area contributed by atoms with Crippen LogP contribution in [0.5, 0.6) is 0 Å². The molecule has 2 atom stereocenters. The Labute approximate surface area is 128 Å². The number of carbonyl (C=O) groups is 2. The van der Waals surface area contributed by atoms with E-state index in [2.05, 4.69) is 5.32 Å². The van der Waals surface area contributed by atoms with Crippen molar-refractivity contribution in [3.8, 4) is 0 Å². The summed E-state index contributed by atoms with van der Waals surface area (Å²) in [5.74, 6) is -0.742. The SMILES string of the molecule is COC(=O)[C@@H](Cc1ccc(Cl)cc1)NC(=O)[C@@H]1CCCO1. The lowest BCUT2D eigenvalue weighted by atomic mass is 10.1. The molecule has 1 aliphatic rings. The molecule has 1 aromatic carbocycles. The number of carbonyl (C=O) groups excluding carboxylic acids is 2. The van der Waals surface area contributed by atoms with Crippen LogP contribution in [0.3, 0.4) is 0 Å². The van der Waals surface area contributed by atoms with Gasteiger partial charge < -0.3 is 14.8 Å². The van der Waals surface area contributed by atoms with E-state index >= 15 is 0 Å². The normalized spacial score (nSPS) is 19.0. The minimum Gasteiger partial charge on any atom is -0.467 e. The van der Waals surface area contributed by atoms with Crippen LogP contribution in [0.4, 0.5) is 0 Å². The number of methoxy groups -OCH3 is 1. The van der Waals surface area contributed by atoms with Gasteiger partial charge in [-0.1, -0.05) is 23.7 Å². The van der Waals surface area contributed by atoms with Crippen molar-refractivity contribution in [1.82, 2.24) is 5.32 Å². The molecule has 0 aliphatic carbocycles. The molecular formula is C15H18ClNO4. The fraction of sp³-hybridized carbons (Fsp3) is 0.467. The molecule has 1 amide bonds. The van der Waals surface area contributed by atoms with Gasteiger partial charge in [-0.15, -0.1) is 0 Å². The highest BCUT2D eigenvalue weighted by Gasteiger charge is 2.28. The lowest BCUT2D eigenvalue weighted by Crippen LogP contribution is -2.47. The Kier molecular flexibility index (Phi) is 5.59. The van der Waals surface area contributed by atoms with E-state index in [-0.39, 0.29) is 5.91 Å². The fourth-order valence-corrected chi connectivity index (χ4v) is 2.37. The molecule has 1 saturated heterocycles. The first-order chi connectivity index (χ1) is 10.1. The van der Waals surface area contributed by atoms with Crippen molar-refractivity contribution >= 4 is 23.5 Å². The van der Waals surface area contributed by atoms with Gasteiger partial charge in [0.15, 0.2) is 0 Å². The van der Waals surface area contributed by atoms with Crippen molar-refractivity contribution in [2.24, 2.45) is 0 Å². The second-order valence-corrected chi connectivity index (χ2v) is 5.35. The summed E-state index contributed by atoms with van der Waals surface area (Å²) in [5.41, 5.74) is 0.891. The van der Waals surface area contributed by atoms with Gasteiger partial charge in [-0.05, 0) is 30.5 Å². The second-order valence-electron chi connectivity index (χ2n) is 4.92. The second kappa shape index (κ2) is 7.43. The Morgan fingerprint density at radius 2 is 2.14 bits per heavy atom. The average molecular weight is 312 g/mol. The van der Waals surface area contributed by atoms with Crippen LogP contribution in [0.25, 0.3) is 0 Å². The predicted molar refractivity (Wildman–Crippen MR) is 78.1 cm³/mol. The Morgan fingerprint density at radius 1 is 1.43 bits per heavy atom. The predicted octanol–water partition coefficient (Wildman–Crippen LogP) is 1.72. The van der Waals surface area contributed by atoms with E-state index in [9.17, 15) is 9.59 Å². The van der Waals surface area contributed by atoms with Crippen molar-refractivity contribution in [1.29, 1.82) is 0 Å². The van der Waals surface area contributed by atoms with E-state index in [0.29, 0.717) is 24.5 Å².